The van der Waals surface area contributed by atoms with Crippen LogP contribution in [0.3, 0.4) is 0 Å². The first-order chi connectivity index (χ1) is 11.1. The molecule has 1 unspecified atom stereocenters. The van der Waals surface area contributed by atoms with Crippen LogP contribution in [0.4, 0.5) is 0 Å². The van der Waals surface area contributed by atoms with Gasteiger partial charge in [0, 0.05) is 16.2 Å². The summed E-state index contributed by atoms with van der Waals surface area (Å²) < 4.78 is 0.143. The highest BCUT2D eigenvalue weighted by atomic mass is 32.2. The molecular formula is C19H22N2OS. The molecule has 0 spiro atoms. The van der Waals surface area contributed by atoms with Gasteiger partial charge in [-0.2, -0.15) is 0 Å². The lowest BCUT2D eigenvalue weighted by Gasteiger charge is -2.18. The maximum atomic E-state index is 12.3. The van der Waals surface area contributed by atoms with E-state index in [-0.39, 0.29) is 10.7 Å². The van der Waals surface area contributed by atoms with Gasteiger partial charge in [0.05, 0.1) is 0 Å². The van der Waals surface area contributed by atoms with Gasteiger partial charge < -0.3 is 11.1 Å². The van der Waals surface area contributed by atoms with Crippen LogP contribution in [-0.4, -0.2) is 17.2 Å². The number of thioether (sulfide) groups is 1. The van der Waals surface area contributed by atoms with E-state index in [1.165, 1.54) is 4.90 Å². The number of carbonyl (C=O) groups is 1. The molecule has 1 atom stereocenters. The fourth-order valence-corrected chi connectivity index (χ4v) is 3.72. The SMILES string of the molecule is Cc1ccc(C(N)C(=O)NCC2(Sc3ccccc3)CC2)cc1. The molecule has 1 aliphatic carbocycles. The third kappa shape index (κ3) is 4.15. The molecule has 0 radical (unpaired) electrons. The zero-order valence-electron chi connectivity index (χ0n) is 13.3. The highest BCUT2D eigenvalue weighted by Gasteiger charge is 2.44. The van der Waals surface area contributed by atoms with Crippen LogP contribution in [0.2, 0.25) is 0 Å². The zero-order chi connectivity index (χ0) is 16.3. The summed E-state index contributed by atoms with van der Waals surface area (Å²) >= 11 is 1.85. The van der Waals surface area contributed by atoms with Crippen LogP contribution in [0.15, 0.2) is 59.5 Å². The lowest BCUT2D eigenvalue weighted by molar-refractivity contribution is -0.122. The average Bonchev–Trinajstić information content (AvgIpc) is 3.33. The molecule has 0 saturated heterocycles. The summed E-state index contributed by atoms with van der Waals surface area (Å²) in [4.78, 5) is 13.6. The van der Waals surface area contributed by atoms with E-state index >= 15 is 0 Å². The van der Waals surface area contributed by atoms with Crippen molar-refractivity contribution in [2.24, 2.45) is 5.73 Å². The summed E-state index contributed by atoms with van der Waals surface area (Å²) in [5.41, 5.74) is 8.09. The number of hydrogen-bond donors (Lipinski definition) is 2. The minimum atomic E-state index is -0.604. The Morgan fingerprint density at radius 3 is 2.43 bits per heavy atom. The van der Waals surface area contributed by atoms with Crippen LogP contribution in [-0.2, 0) is 4.79 Å². The predicted molar refractivity (Wildman–Crippen MR) is 95.4 cm³/mol. The fourth-order valence-electron chi connectivity index (χ4n) is 2.48. The molecule has 0 heterocycles. The van der Waals surface area contributed by atoms with Crippen molar-refractivity contribution in [2.75, 3.05) is 6.54 Å². The molecule has 1 aliphatic rings. The van der Waals surface area contributed by atoms with E-state index < -0.39 is 6.04 Å². The standard InChI is InChI=1S/C19H22N2OS/c1-14-7-9-15(10-8-14)17(20)18(22)21-13-19(11-12-19)23-16-5-3-2-4-6-16/h2-10,17H,11-13,20H2,1H3,(H,21,22). The molecule has 3 rings (SSSR count). The fraction of sp³-hybridized carbons (Fsp3) is 0.316. The number of hydrogen-bond acceptors (Lipinski definition) is 3. The van der Waals surface area contributed by atoms with E-state index in [0.717, 1.165) is 24.0 Å². The molecule has 1 fully saturated rings. The molecular weight excluding hydrogens is 304 g/mol. The van der Waals surface area contributed by atoms with Crippen LogP contribution >= 0.6 is 11.8 Å². The molecule has 0 bridgehead atoms. The molecule has 120 valence electrons. The first-order valence-electron chi connectivity index (χ1n) is 7.92. The molecule has 1 amide bonds. The maximum Gasteiger partial charge on any atom is 0.241 e. The Balaban J connectivity index is 1.55. The van der Waals surface area contributed by atoms with E-state index in [4.69, 9.17) is 5.73 Å². The third-order valence-corrected chi connectivity index (χ3v) is 5.68. The van der Waals surface area contributed by atoms with Crippen molar-refractivity contribution >= 4 is 17.7 Å². The molecule has 2 aromatic rings. The van der Waals surface area contributed by atoms with Crippen molar-refractivity contribution in [3.8, 4) is 0 Å². The van der Waals surface area contributed by atoms with Gasteiger partial charge in [0.15, 0.2) is 0 Å². The Bertz CT molecular complexity index is 666. The average molecular weight is 326 g/mol. The number of rotatable bonds is 6. The van der Waals surface area contributed by atoms with E-state index in [2.05, 4.69) is 17.4 Å². The lowest BCUT2D eigenvalue weighted by atomic mass is 10.1. The topological polar surface area (TPSA) is 55.1 Å². The van der Waals surface area contributed by atoms with E-state index in [9.17, 15) is 4.79 Å². The van der Waals surface area contributed by atoms with Crippen LogP contribution < -0.4 is 11.1 Å². The summed E-state index contributed by atoms with van der Waals surface area (Å²) in [6.07, 6.45) is 2.26. The monoisotopic (exact) mass is 326 g/mol. The van der Waals surface area contributed by atoms with E-state index in [1.807, 2.05) is 61.2 Å². The van der Waals surface area contributed by atoms with Gasteiger partial charge in [0.2, 0.25) is 5.91 Å². The van der Waals surface area contributed by atoms with Crippen molar-refractivity contribution in [1.82, 2.24) is 5.32 Å². The van der Waals surface area contributed by atoms with Crippen LogP contribution in [0.25, 0.3) is 0 Å². The minimum Gasteiger partial charge on any atom is -0.353 e. The van der Waals surface area contributed by atoms with Gasteiger partial charge in [0.1, 0.15) is 6.04 Å². The minimum absolute atomic E-state index is 0.103. The maximum absolute atomic E-state index is 12.3. The number of amides is 1. The molecule has 23 heavy (non-hydrogen) atoms. The highest BCUT2D eigenvalue weighted by Crippen LogP contribution is 2.51. The summed E-state index contributed by atoms with van der Waals surface area (Å²) in [5, 5.41) is 3.03. The molecule has 3 nitrogen and oxygen atoms in total. The van der Waals surface area contributed by atoms with Gasteiger partial charge in [-0.05, 0) is 37.5 Å². The summed E-state index contributed by atoms with van der Waals surface area (Å²) in [6.45, 7) is 2.69. The number of nitrogens with one attached hydrogen (secondary N) is 1. The molecule has 4 heteroatoms. The van der Waals surface area contributed by atoms with Crippen molar-refractivity contribution in [1.29, 1.82) is 0 Å². The second-order valence-electron chi connectivity index (χ2n) is 6.20. The Hall–Kier alpha value is -1.78. The third-order valence-electron chi connectivity index (χ3n) is 4.19. The van der Waals surface area contributed by atoms with Crippen molar-refractivity contribution in [2.45, 2.75) is 35.4 Å². The predicted octanol–water partition coefficient (Wildman–Crippen LogP) is 3.44. The lowest BCUT2D eigenvalue weighted by Crippen LogP contribution is -2.38. The quantitative estimate of drug-likeness (QED) is 0.855. The number of nitrogens with two attached hydrogens (primary N) is 1. The van der Waals surface area contributed by atoms with Gasteiger partial charge in [-0.25, -0.2) is 0 Å². The zero-order valence-corrected chi connectivity index (χ0v) is 14.1. The normalized spacial score (nSPS) is 16.6. The first-order valence-corrected chi connectivity index (χ1v) is 8.74. The molecule has 0 aromatic heterocycles. The number of carbonyl (C=O) groups excluding carboxylic acids is 1. The van der Waals surface area contributed by atoms with Gasteiger partial charge >= 0.3 is 0 Å². The Kier molecular flexibility index (Phi) is 4.74. The van der Waals surface area contributed by atoms with Crippen LogP contribution in [0.5, 0.6) is 0 Å². The number of aryl methyl sites for hydroxylation is 1. The van der Waals surface area contributed by atoms with Crippen LogP contribution in [0, 0.1) is 6.92 Å². The second kappa shape index (κ2) is 6.77. The van der Waals surface area contributed by atoms with Crippen LogP contribution in [0.1, 0.15) is 30.0 Å². The molecule has 2 aromatic carbocycles. The van der Waals surface area contributed by atoms with Gasteiger partial charge in [-0.15, -0.1) is 11.8 Å². The van der Waals surface area contributed by atoms with Gasteiger partial charge in [-0.1, -0.05) is 48.0 Å². The summed E-state index contributed by atoms with van der Waals surface area (Å²) in [6, 6.07) is 17.5. The molecule has 1 saturated carbocycles. The summed E-state index contributed by atoms with van der Waals surface area (Å²) in [5.74, 6) is -0.103. The smallest absolute Gasteiger partial charge is 0.241 e. The second-order valence-corrected chi connectivity index (χ2v) is 7.75. The Morgan fingerprint density at radius 1 is 1.17 bits per heavy atom. The van der Waals surface area contributed by atoms with Crippen molar-refractivity contribution in [3.63, 3.8) is 0 Å². The molecule has 3 N–H and O–H groups in total. The Labute approximate surface area is 141 Å². The van der Waals surface area contributed by atoms with Gasteiger partial charge in [0.25, 0.3) is 0 Å². The van der Waals surface area contributed by atoms with E-state index in [1.54, 1.807) is 0 Å². The highest BCUT2D eigenvalue weighted by molar-refractivity contribution is 8.01. The molecule has 0 aliphatic heterocycles. The van der Waals surface area contributed by atoms with E-state index in [0.29, 0.717) is 6.54 Å². The summed E-state index contributed by atoms with van der Waals surface area (Å²) in [7, 11) is 0. The number of benzene rings is 2. The Morgan fingerprint density at radius 2 is 1.83 bits per heavy atom. The first kappa shape index (κ1) is 16.1. The van der Waals surface area contributed by atoms with Gasteiger partial charge in [-0.3, -0.25) is 4.79 Å². The van der Waals surface area contributed by atoms with Crippen molar-refractivity contribution in [3.05, 3.63) is 65.7 Å². The van der Waals surface area contributed by atoms with Crippen molar-refractivity contribution < 1.29 is 4.79 Å². The largest absolute Gasteiger partial charge is 0.353 e.